The highest BCUT2D eigenvalue weighted by atomic mass is 16.3. The van der Waals surface area contributed by atoms with Crippen LogP contribution in [0.2, 0.25) is 0 Å². The molecule has 5 heteroatoms. The number of rotatable bonds is 4. The number of phenolic OH excluding ortho intramolecular Hbond substituents is 1. The molecule has 1 amide bonds. The van der Waals surface area contributed by atoms with Gasteiger partial charge in [-0.1, -0.05) is 32.9 Å². The van der Waals surface area contributed by atoms with Gasteiger partial charge in [-0.2, -0.15) is 0 Å². The van der Waals surface area contributed by atoms with Crippen LogP contribution in [0.15, 0.2) is 42.7 Å². The SMILES string of the molecule is CC1(C)CCc2cccc(O)c2C1(C)CCNC(=O)c1ccc2nc[nH]c2c1. The zero-order chi connectivity index (χ0) is 19.9. The average molecular weight is 377 g/mol. The summed E-state index contributed by atoms with van der Waals surface area (Å²) >= 11 is 0. The summed E-state index contributed by atoms with van der Waals surface area (Å²) < 4.78 is 0. The lowest BCUT2D eigenvalue weighted by Crippen LogP contribution is -2.45. The first-order valence-electron chi connectivity index (χ1n) is 9.84. The summed E-state index contributed by atoms with van der Waals surface area (Å²) in [7, 11) is 0. The maximum Gasteiger partial charge on any atom is 0.251 e. The molecule has 1 aromatic heterocycles. The minimum atomic E-state index is -0.216. The minimum Gasteiger partial charge on any atom is -0.508 e. The number of aromatic nitrogens is 2. The topological polar surface area (TPSA) is 78.0 Å². The van der Waals surface area contributed by atoms with Crippen LogP contribution >= 0.6 is 0 Å². The van der Waals surface area contributed by atoms with Crippen LogP contribution in [0, 0.1) is 5.41 Å². The molecule has 0 saturated heterocycles. The normalized spacial score (nSPS) is 20.7. The maximum atomic E-state index is 12.6. The lowest BCUT2D eigenvalue weighted by atomic mass is 9.55. The zero-order valence-electron chi connectivity index (χ0n) is 16.7. The first-order chi connectivity index (χ1) is 13.3. The third-order valence-electron chi connectivity index (χ3n) is 6.79. The standard InChI is InChI=1S/C23H27N3O2/c1-22(2)10-9-15-5-4-6-19(27)20(15)23(22,3)11-12-24-21(28)16-7-8-17-18(13-16)26-14-25-17/h4-8,13-14,27H,9-12H2,1-3H3,(H,24,28)(H,25,26). The van der Waals surface area contributed by atoms with E-state index in [0.717, 1.165) is 35.9 Å². The van der Waals surface area contributed by atoms with Gasteiger partial charge in [-0.15, -0.1) is 0 Å². The smallest absolute Gasteiger partial charge is 0.251 e. The number of hydrogen-bond donors (Lipinski definition) is 3. The van der Waals surface area contributed by atoms with Crippen LogP contribution in [0.1, 0.15) is 55.1 Å². The van der Waals surface area contributed by atoms with Crippen molar-refractivity contribution in [3.8, 4) is 5.75 Å². The third kappa shape index (κ3) is 2.95. The van der Waals surface area contributed by atoms with Crippen LogP contribution in [0.3, 0.4) is 0 Å². The highest BCUT2D eigenvalue weighted by molar-refractivity contribution is 5.97. The zero-order valence-corrected chi connectivity index (χ0v) is 16.7. The van der Waals surface area contributed by atoms with Crippen LogP contribution in [0.5, 0.6) is 5.75 Å². The summed E-state index contributed by atoms with van der Waals surface area (Å²) in [6.07, 6.45) is 4.43. The highest BCUT2D eigenvalue weighted by Crippen LogP contribution is 2.54. The Labute approximate surface area is 165 Å². The van der Waals surface area contributed by atoms with E-state index in [9.17, 15) is 9.90 Å². The van der Waals surface area contributed by atoms with Crippen molar-refractivity contribution >= 4 is 16.9 Å². The number of H-pyrrole nitrogens is 1. The molecule has 1 aliphatic rings. The van der Waals surface area contributed by atoms with E-state index in [0.29, 0.717) is 17.9 Å². The predicted molar refractivity (Wildman–Crippen MR) is 111 cm³/mol. The quantitative estimate of drug-likeness (QED) is 0.634. The number of imidazole rings is 1. The Morgan fingerprint density at radius 2 is 2.07 bits per heavy atom. The Morgan fingerprint density at radius 3 is 2.89 bits per heavy atom. The van der Waals surface area contributed by atoms with E-state index in [-0.39, 0.29) is 16.7 Å². The number of amides is 1. The van der Waals surface area contributed by atoms with Gasteiger partial charge < -0.3 is 15.4 Å². The van der Waals surface area contributed by atoms with E-state index >= 15 is 0 Å². The molecule has 0 radical (unpaired) electrons. The summed E-state index contributed by atoms with van der Waals surface area (Å²) in [5.41, 5.74) is 4.39. The van der Waals surface area contributed by atoms with Crippen molar-refractivity contribution in [2.45, 2.75) is 45.4 Å². The molecule has 5 nitrogen and oxygen atoms in total. The minimum absolute atomic E-state index is 0.0262. The van der Waals surface area contributed by atoms with E-state index in [1.54, 1.807) is 18.5 Å². The van der Waals surface area contributed by atoms with E-state index in [1.807, 2.05) is 18.2 Å². The van der Waals surface area contributed by atoms with Gasteiger partial charge in [-0.3, -0.25) is 4.79 Å². The number of phenols is 1. The number of fused-ring (bicyclic) bond motifs is 2. The Hall–Kier alpha value is -2.82. The molecule has 0 aliphatic heterocycles. The van der Waals surface area contributed by atoms with E-state index in [4.69, 9.17) is 0 Å². The molecule has 0 saturated carbocycles. The van der Waals surface area contributed by atoms with Crippen LogP contribution in [-0.2, 0) is 11.8 Å². The van der Waals surface area contributed by atoms with Crippen molar-refractivity contribution in [1.29, 1.82) is 0 Å². The largest absolute Gasteiger partial charge is 0.508 e. The molecular formula is C23H27N3O2. The van der Waals surface area contributed by atoms with Gasteiger partial charge in [0.05, 0.1) is 17.4 Å². The van der Waals surface area contributed by atoms with Gasteiger partial charge in [0, 0.05) is 23.1 Å². The van der Waals surface area contributed by atoms with Crippen molar-refractivity contribution in [3.05, 3.63) is 59.4 Å². The lowest BCUT2D eigenvalue weighted by molar-refractivity contribution is 0.0931. The number of benzene rings is 2. The van der Waals surface area contributed by atoms with Gasteiger partial charge in [0.2, 0.25) is 0 Å². The second-order valence-electron chi connectivity index (χ2n) is 8.67. The fourth-order valence-electron chi connectivity index (χ4n) is 4.56. The van der Waals surface area contributed by atoms with Gasteiger partial charge in [0.25, 0.3) is 5.91 Å². The molecule has 28 heavy (non-hydrogen) atoms. The van der Waals surface area contributed by atoms with Crippen LogP contribution < -0.4 is 5.32 Å². The second kappa shape index (κ2) is 6.66. The molecule has 1 aliphatic carbocycles. The molecule has 2 aromatic carbocycles. The second-order valence-corrected chi connectivity index (χ2v) is 8.67. The lowest BCUT2D eigenvalue weighted by Gasteiger charge is -2.49. The first kappa shape index (κ1) is 18.5. The molecule has 3 N–H and O–H groups in total. The maximum absolute atomic E-state index is 12.6. The number of carbonyl (C=O) groups excluding carboxylic acids is 1. The van der Waals surface area contributed by atoms with Crippen molar-refractivity contribution < 1.29 is 9.90 Å². The molecule has 1 unspecified atom stereocenters. The van der Waals surface area contributed by atoms with Gasteiger partial charge in [0.15, 0.2) is 0 Å². The first-order valence-corrected chi connectivity index (χ1v) is 9.84. The van der Waals surface area contributed by atoms with E-state index in [2.05, 4.69) is 42.1 Å². The van der Waals surface area contributed by atoms with Crippen molar-refractivity contribution in [1.82, 2.24) is 15.3 Å². The number of carbonyl (C=O) groups is 1. The summed E-state index contributed by atoms with van der Waals surface area (Å²) in [6, 6.07) is 11.3. The summed E-state index contributed by atoms with van der Waals surface area (Å²) in [5, 5.41) is 13.7. The number of nitrogens with zero attached hydrogens (tertiary/aromatic N) is 1. The number of aryl methyl sites for hydroxylation is 1. The Kier molecular flexibility index (Phi) is 4.41. The third-order valence-corrected chi connectivity index (χ3v) is 6.79. The number of hydrogen-bond acceptors (Lipinski definition) is 3. The predicted octanol–water partition coefficient (Wildman–Crippen LogP) is 4.32. The van der Waals surface area contributed by atoms with E-state index in [1.165, 1.54) is 5.56 Å². The molecule has 1 heterocycles. The fraction of sp³-hybridized carbons (Fsp3) is 0.391. The summed E-state index contributed by atoms with van der Waals surface area (Å²) in [6.45, 7) is 7.29. The number of aromatic hydroxyl groups is 1. The highest BCUT2D eigenvalue weighted by Gasteiger charge is 2.47. The van der Waals surface area contributed by atoms with Gasteiger partial charge >= 0.3 is 0 Å². The van der Waals surface area contributed by atoms with Crippen LogP contribution in [0.4, 0.5) is 0 Å². The monoisotopic (exact) mass is 377 g/mol. The Balaban J connectivity index is 1.53. The molecule has 1 atom stereocenters. The number of aromatic amines is 1. The van der Waals surface area contributed by atoms with Gasteiger partial charge in [0.1, 0.15) is 5.75 Å². The number of nitrogens with one attached hydrogen (secondary N) is 2. The average Bonchev–Trinajstić information content (AvgIpc) is 3.13. The molecule has 0 fully saturated rings. The molecule has 0 bridgehead atoms. The molecule has 146 valence electrons. The fourth-order valence-corrected chi connectivity index (χ4v) is 4.56. The summed E-state index contributed by atoms with van der Waals surface area (Å²) in [5.74, 6) is 0.273. The molecular weight excluding hydrogens is 350 g/mol. The van der Waals surface area contributed by atoms with Crippen LogP contribution in [0.25, 0.3) is 11.0 Å². The van der Waals surface area contributed by atoms with Crippen molar-refractivity contribution in [2.24, 2.45) is 5.41 Å². The molecule has 4 rings (SSSR count). The Bertz CT molecular complexity index is 1040. The van der Waals surface area contributed by atoms with Gasteiger partial charge in [-0.25, -0.2) is 4.98 Å². The van der Waals surface area contributed by atoms with Crippen molar-refractivity contribution in [3.63, 3.8) is 0 Å². The van der Waals surface area contributed by atoms with Crippen molar-refractivity contribution in [2.75, 3.05) is 6.54 Å². The van der Waals surface area contributed by atoms with Crippen LogP contribution in [-0.4, -0.2) is 27.5 Å². The molecule has 3 aromatic rings. The Morgan fingerprint density at radius 1 is 1.25 bits per heavy atom. The summed E-state index contributed by atoms with van der Waals surface area (Å²) in [4.78, 5) is 19.9. The molecule has 0 spiro atoms. The van der Waals surface area contributed by atoms with Gasteiger partial charge in [-0.05, 0) is 54.5 Å². The van der Waals surface area contributed by atoms with E-state index < -0.39 is 0 Å².